The van der Waals surface area contributed by atoms with E-state index in [1.807, 2.05) is 33.3 Å². The highest BCUT2D eigenvalue weighted by molar-refractivity contribution is 7.21. The number of fused-ring (bicyclic) bond motifs is 2. The van der Waals surface area contributed by atoms with E-state index in [9.17, 15) is 0 Å². The van der Waals surface area contributed by atoms with Gasteiger partial charge in [0, 0.05) is 26.8 Å². The molecule has 0 unspecified atom stereocenters. The highest BCUT2D eigenvalue weighted by Gasteiger charge is 2.07. The van der Waals surface area contributed by atoms with Crippen LogP contribution in [0.15, 0.2) is 41.4 Å². The monoisotopic (exact) mass is 305 g/mol. The van der Waals surface area contributed by atoms with Crippen molar-refractivity contribution in [1.82, 2.24) is 4.98 Å². The zero-order chi connectivity index (χ0) is 13.4. The molecule has 1 heterocycles. The molecule has 0 amide bonds. The van der Waals surface area contributed by atoms with Crippen LogP contribution in [-0.2, 0) is 0 Å². The molecule has 5 heteroatoms. The second kappa shape index (κ2) is 5.77. The Labute approximate surface area is 128 Å². The maximum atomic E-state index is 4.70. The van der Waals surface area contributed by atoms with Gasteiger partial charge in [0.05, 0.1) is 26.1 Å². The molecular formula is C15H16ClN3S. The fraction of sp³-hybridized carbons (Fsp3) is 0.200. The smallest absolute Gasteiger partial charge is 0.0811 e. The summed E-state index contributed by atoms with van der Waals surface area (Å²) >= 11 is 1.76. The summed E-state index contributed by atoms with van der Waals surface area (Å²) in [5.74, 6) is 0. The third-order valence-corrected chi connectivity index (χ3v) is 4.22. The summed E-state index contributed by atoms with van der Waals surface area (Å²) in [6.07, 6.45) is 0. The highest BCUT2D eigenvalue weighted by atomic mass is 35.5. The van der Waals surface area contributed by atoms with Gasteiger partial charge in [-0.25, -0.2) is 4.98 Å². The number of nitrogens with zero attached hydrogens (tertiary/aromatic N) is 3. The number of hydrogen-bond donors (Lipinski definition) is 0. The van der Waals surface area contributed by atoms with Crippen LogP contribution in [0.4, 0.5) is 5.69 Å². The molecule has 0 saturated carbocycles. The Morgan fingerprint density at radius 2 is 1.90 bits per heavy atom. The molecule has 0 saturated heterocycles. The Kier molecular flexibility index (Phi) is 4.26. The van der Waals surface area contributed by atoms with Crippen molar-refractivity contribution in [2.24, 2.45) is 4.99 Å². The molecule has 1 aromatic rings. The first-order valence-corrected chi connectivity index (χ1v) is 6.94. The van der Waals surface area contributed by atoms with Gasteiger partial charge in [-0.2, -0.15) is 0 Å². The van der Waals surface area contributed by atoms with Gasteiger partial charge < -0.3 is 4.90 Å². The Morgan fingerprint density at radius 1 is 1.10 bits per heavy atom. The number of halogens is 1. The van der Waals surface area contributed by atoms with Crippen molar-refractivity contribution in [1.29, 1.82) is 0 Å². The van der Waals surface area contributed by atoms with E-state index >= 15 is 0 Å². The van der Waals surface area contributed by atoms with Gasteiger partial charge in [0.1, 0.15) is 0 Å². The molecule has 2 aliphatic rings. The average molecular weight is 306 g/mol. The standard InChI is InChI=1S/C15H15N3S.ClH/c1-16-10-4-6-12-14(8-10)19-15-9-11(18(2)3)5-7-13(15)17-12;/h4-9H,1-3H3;1H. The van der Waals surface area contributed by atoms with Crippen LogP contribution in [0.2, 0.25) is 0 Å². The van der Waals surface area contributed by atoms with Crippen LogP contribution in [0.3, 0.4) is 0 Å². The number of hydrogen-bond acceptors (Lipinski definition) is 4. The largest absolute Gasteiger partial charge is 0.378 e. The number of rotatable bonds is 1. The van der Waals surface area contributed by atoms with E-state index in [0.717, 1.165) is 16.6 Å². The van der Waals surface area contributed by atoms with Crippen LogP contribution >= 0.6 is 23.7 Å². The minimum absolute atomic E-state index is 0. The molecule has 20 heavy (non-hydrogen) atoms. The summed E-state index contributed by atoms with van der Waals surface area (Å²) in [5.41, 5.74) is 3.27. The highest BCUT2D eigenvalue weighted by Crippen LogP contribution is 2.31. The Balaban J connectivity index is 0.00000147. The lowest BCUT2D eigenvalue weighted by molar-refractivity contribution is 1.13. The summed E-state index contributed by atoms with van der Waals surface area (Å²) in [6.45, 7) is 0. The van der Waals surface area contributed by atoms with Gasteiger partial charge in [-0.3, -0.25) is 4.99 Å². The van der Waals surface area contributed by atoms with Crippen molar-refractivity contribution < 1.29 is 0 Å². The molecule has 0 N–H and O–H groups in total. The molecule has 0 bridgehead atoms. The second-order valence-electron chi connectivity index (χ2n) is 4.64. The first kappa shape index (κ1) is 14.8. The van der Waals surface area contributed by atoms with Crippen LogP contribution in [0.25, 0.3) is 20.8 Å². The van der Waals surface area contributed by atoms with E-state index in [0.29, 0.717) is 0 Å². The predicted octanol–water partition coefficient (Wildman–Crippen LogP) is 3.42. The quantitative estimate of drug-likeness (QED) is 0.645. The molecule has 0 spiro atoms. The van der Waals surface area contributed by atoms with Crippen LogP contribution in [-0.4, -0.2) is 26.1 Å². The predicted molar refractivity (Wildman–Crippen MR) is 89.3 cm³/mol. The lowest BCUT2D eigenvalue weighted by Crippen LogP contribution is -2.08. The minimum atomic E-state index is 0. The van der Waals surface area contributed by atoms with E-state index in [1.54, 1.807) is 11.3 Å². The molecule has 0 atom stereocenters. The third-order valence-electron chi connectivity index (χ3n) is 3.12. The minimum Gasteiger partial charge on any atom is -0.378 e. The van der Waals surface area contributed by atoms with Crippen LogP contribution in [0, 0.1) is 0 Å². The fourth-order valence-corrected chi connectivity index (χ4v) is 3.05. The summed E-state index contributed by atoms with van der Waals surface area (Å²) in [6, 6.07) is 12.5. The Morgan fingerprint density at radius 3 is 2.60 bits per heavy atom. The van der Waals surface area contributed by atoms with Crippen molar-refractivity contribution in [2.45, 2.75) is 0 Å². The molecule has 0 fully saturated rings. The number of aromatic nitrogens is 1. The summed E-state index contributed by atoms with van der Waals surface area (Å²) in [7, 11) is 5.91. The SMILES string of the molecule is CN=c1ccc2nc3ccc(N(C)C)cc3sc-2c1.Cl. The van der Waals surface area contributed by atoms with Gasteiger partial charge in [0.15, 0.2) is 0 Å². The summed E-state index contributed by atoms with van der Waals surface area (Å²) in [5, 5.41) is 0.994. The van der Waals surface area contributed by atoms with E-state index < -0.39 is 0 Å². The Bertz CT molecular complexity index is 780. The Hall–Kier alpha value is -1.65. The van der Waals surface area contributed by atoms with Crippen LogP contribution in [0.1, 0.15) is 0 Å². The maximum absolute atomic E-state index is 4.70. The van der Waals surface area contributed by atoms with E-state index in [2.05, 4.69) is 34.2 Å². The van der Waals surface area contributed by atoms with Gasteiger partial charge in [-0.1, -0.05) is 0 Å². The topological polar surface area (TPSA) is 28.5 Å². The molecular weight excluding hydrogens is 290 g/mol. The van der Waals surface area contributed by atoms with Crippen molar-refractivity contribution in [2.75, 3.05) is 26.0 Å². The molecule has 3 nitrogen and oxygen atoms in total. The maximum Gasteiger partial charge on any atom is 0.0811 e. The van der Waals surface area contributed by atoms with E-state index in [4.69, 9.17) is 4.98 Å². The van der Waals surface area contributed by atoms with Crippen LogP contribution in [0.5, 0.6) is 0 Å². The molecule has 0 aromatic heterocycles. The molecule has 1 aliphatic carbocycles. The zero-order valence-electron chi connectivity index (χ0n) is 11.6. The van der Waals surface area contributed by atoms with Crippen LogP contribution < -0.4 is 10.3 Å². The van der Waals surface area contributed by atoms with Crippen molar-refractivity contribution in [3.63, 3.8) is 0 Å². The summed E-state index contributed by atoms with van der Waals surface area (Å²) in [4.78, 5) is 12.2. The van der Waals surface area contributed by atoms with Crippen molar-refractivity contribution >= 4 is 39.6 Å². The van der Waals surface area contributed by atoms with Gasteiger partial charge in [0.2, 0.25) is 0 Å². The number of benzene rings is 2. The lowest BCUT2D eigenvalue weighted by Gasteiger charge is -2.13. The normalized spacial score (nSPS) is 11.7. The van der Waals surface area contributed by atoms with Gasteiger partial charge in [0.25, 0.3) is 0 Å². The third kappa shape index (κ3) is 2.62. The first-order chi connectivity index (χ1) is 9.17. The molecule has 1 aromatic carbocycles. The van der Waals surface area contributed by atoms with Crippen molar-refractivity contribution in [3.8, 4) is 10.6 Å². The molecule has 0 radical (unpaired) electrons. The number of anilines is 1. The molecule has 104 valence electrons. The average Bonchev–Trinajstić information content (AvgIpc) is 2.43. The second-order valence-corrected chi connectivity index (χ2v) is 5.72. The van der Waals surface area contributed by atoms with E-state index in [-0.39, 0.29) is 12.4 Å². The van der Waals surface area contributed by atoms with Gasteiger partial charge in [-0.15, -0.1) is 23.7 Å². The van der Waals surface area contributed by atoms with Gasteiger partial charge in [-0.05, 0) is 36.4 Å². The lowest BCUT2D eigenvalue weighted by atomic mass is 10.2. The fourth-order valence-electron chi connectivity index (χ4n) is 2.02. The van der Waals surface area contributed by atoms with E-state index in [1.165, 1.54) is 15.3 Å². The van der Waals surface area contributed by atoms with Gasteiger partial charge >= 0.3 is 0 Å². The first-order valence-electron chi connectivity index (χ1n) is 6.12. The van der Waals surface area contributed by atoms with Crippen molar-refractivity contribution in [3.05, 3.63) is 41.8 Å². The zero-order valence-corrected chi connectivity index (χ0v) is 13.3. The molecule has 1 aliphatic heterocycles. The molecule has 3 rings (SSSR count). The summed E-state index contributed by atoms with van der Waals surface area (Å²) < 4.78 is 1.20.